The van der Waals surface area contributed by atoms with Crippen LogP contribution in [0.5, 0.6) is 0 Å². The van der Waals surface area contributed by atoms with Crippen LogP contribution in [0.15, 0.2) is 53.4 Å². The molecule has 0 atom stereocenters. The Labute approximate surface area is 155 Å². The summed E-state index contributed by atoms with van der Waals surface area (Å²) in [6, 6.07) is 13.1. The van der Waals surface area contributed by atoms with Crippen LogP contribution in [-0.2, 0) is 23.0 Å². The maximum Gasteiger partial charge on any atom is 0.335 e. The molecular weight excluding hydrogens is 350 g/mol. The van der Waals surface area contributed by atoms with Crippen molar-refractivity contribution in [1.29, 1.82) is 0 Å². The highest BCUT2D eigenvalue weighted by Crippen LogP contribution is 2.14. The Morgan fingerprint density at radius 1 is 0.923 bits per heavy atom. The average Bonchev–Trinajstić information content (AvgIpc) is 2.64. The molecule has 0 heterocycles. The molecule has 0 aliphatic carbocycles. The average molecular weight is 375 g/mol. The third-order valence-electron chi connectivity index (χ3n) is 4.22. The highest BCUT2D eigenvalue weighted by atomic mass is 32.2. The van der Waals surface area contributed by atoms with Crippen molar-refractivity contribution in [2.75, 3.05) is 0 Å². The van der Waals surface area contributed by atoms with Gasteiger partial charge in [-0.1, -0.05) is 50.5 Å². The number of hydrogen-bond acceptors (Lipinski definition) is 3. The molecule has 26 heavy (non-hydrogen) atoms. The minimum absolute atomic E-state index is 0.112. The van der Waals surface area contributed by atoms with Gasteiger partial charge in [0.25, 0.3) is 0 Å². The number of hydrogen-bond donors (Lipinski definition) is 2. The molecule has 0 aromatic heterocycles. The molecule has 2 rings (SSSR count). The van der Waals surface area contributed by atoms with Crippen molar-refractivity contribution in [2.45, 2.75) is 50.5 Å². The van der Waals surface area contributed by atoms with Gasteiger partial charge in [-0.15, -0.1) is 0 Å². The van der Waals surface area contributed by atoms with E-state index >= 15 is 0 Å². The molecular formula is C20H25NO4S. The van der Waals surface area contributed by atoms with Crippen LogP contribution in [0, 0.1) is 0 Å². The lowest BCUT2D eigenvalue weighted by molar-refractivity contribution is 0.0697. The third kappa shape index (κ3) is 5.97. The van der Waals surface area contributed by atoms with Gasteiger partial charge in [0.15, 0.2) is 0 Å². The molecule has 0 fully saturated rings. The molecule has 6 heteroatoms. The smallest absolute Gasteiger partial charge is 0.335 e. The van der Waals surface area contributed by atoms with E-state index in [0.29, 0.717) is 5.56 Å². The molecule has 5 nitrogen and oxygen atoms in total. The van der Waals surface area contributed by atoms with Gasteiger partial charge < -0.3 is 5.11 Å². The number of carboxylic acid groups (broad SMARTS) is 1. The predicted octanol–water partition coefficient (Wildman–Crippen LogP) is 3.99. The Hall–Kier alpha value is -2.18. The van der Waals surface area contributed by atoms with E-state index < -0.39 is 16.0 Å². The van der Waals surface area contributed by atoms with Crippen molar-refractivity contribution in [2.24, 2.45) is 0 Å². The number of carboxylic acids is 1. The summed E-state index contributed by atoms with van der Waals surface area (Å²) in [6.07, 6.45) is 5.69. The molecule has 0 unspecified atom stereocenters. The number of benzene rings is 2. The highest BCUT2D eigenvalue weighted by molar-refractivity contribution is 7.89. The van der Waals surface area contributed by atoms with Gasteiger partial charge in [-0.25, -0.2) is 17.9 Å². The number of unbranched alkanes of at least 4 members (excludes halogenated alkanes) is 3. The number of rotatable bonds is 10. The van der Waals surface area contributed by atoms with E-state index in [1.54, 1.807) is 24.3 Å². The van der Waals surface area contributed by atoms with Crippen molar-refractivity contribution in [3.8, 4) is 0 Å². The van der Waals surface area contributed by atoms with Gasteiger partial charge in [0.1, 0.15) is 0 Å². The van der Waals surface area contributed by atoms with Gasteiger partial charge in [0.05, 0.1) is 10.5 Å². The van der Waals surface area contributed by atoms with Crippen LogP contribution in [0.3, 0.4) is 0 Å². The van der Waals surface area contributed by atoms with Gasteiger partial charge in [0, 0.05) is 6.54 Å². The van der Waals surface area contributed by atoms with E-state index in [0.717, 1.165) is 18.4 Å². The van der Waals surface area contributed by atoms with Crippen LogP contribution in [-0.4, -0.2) is 19.5 Å². The molecule has 2 aromatic rings. The first-order chi connectivity index (χ1) is 12.4. The van der Waals surface area contributed by atoms with Crippen LogP contribution < -0.4 is 4.72 Å². The zero-order valence-corrected chi connectivity index (χ0v) is 15.8. The molecule has 0 radical (unpaired) electrons. The highest BCUT2D eigenvalue weighted by Gasteiger charge is 2.13. The Bertz CT molecular complexity index is 812. The Morgan fingerprint density at radius 3 is 2.12 bits per heavy atom. The van der Waals surface area contributed by atoms with Gasteiger partial charge in [0.2, 0.25) is 10.0 Å². The molecule has 0 saturated heterocycles. The first-order valence-corrected chi connectivity index (χ1v) is 10.3. The van der Waals surface area contributed by atoms with Crippen molar-refractivity contribution in [3.05, 3.63) is 65.2 Å². The number of aromatic carboxylic acids is 1. The van der Waals surface area contributed by atoms with Crippen molar-refractivity contribution < 1.29 is 18.3 Å². The Kier molecular flexibility index (Phi) is 7.36. The van der Waals surface area contributed by atoms with E-state index in [2.05, 4.69) is 11.6 Å². The summed E-state index contributed by atoms with van der Waals surface area (Å²) in [7, 11) is -3.60. The predicted molar refractivity (Wildman–Crippen MR) is 102 cm³/mol. The van der Waals surface area contributed by atoms with Gasteiger partial charge >= 0.3 is 5.97 Å². The second-order valence-corrected chi connectivity index (χ2v) is 8.05. The molecule has 0 spiro atoms. The molecule has 140 valence electrons. The van der Waals surface area contributed by atoms with Crippen LogP contribution in [0.4, 0.5) is 0 Å². The van der Waals surface area contributed by atoms with Crippen LogP contribution >= 0.6 is 0 Å². The summed E-state index contributed by atoms with van der Waals surface area (Å²) in [4.78, 5) is 11.1. The fourth-order valence-electron chi connectivity index (χ4n) is 2.62. The molecule has 0 saturated carbocycles. The van der Waals surface area contributed by atoms with Crippen LogP contribution in [0.2, 0.25) is 0 Å². The van der Waals surface area contributed by atoms with E-state index in [9.17, 15) is 13.2 Å². The lowest BCUT2D eigenvalue weighted by Crippen LogP contribution is -2.23. The van der Waals surface area contributed by atoms with Gasteiger partial charge in [-0.2, -0.15) is 0 Å². The second kappa shape index (κ2) is 9.50. The van der Waals surface area contributed by atoms with Crippen molar-refractivity contribution >= 4 is 16.0 Å². The largest absolute Gasteiger partial charge is 0.478 e. The zero-order chi connectivity index (χ0) is 19.0. The fraction of sp³-hybridized carbons (Fsp3) is 0.350. The summed E-state index contributed by atoms with van der Waals surface area (Å²) < 4.78 is 27.3. The SMILES string of the molecule is CCCCCCc1ccc(S(=O)(=O)NCc2ccc(C(=O)O)cc2)cc1. The summed E-state index contributed by atoms with van der Waals surface area (Å²) >= 11 is 0. The summed E-state index contributed by atoms with van der Waals surface area (Å²) in [5.41, 5.74) is 2.02. The van der Waals surface area contributed by atoms with Gasteiger partial charge in [-0.3, -0.25) is 0 Å². The van der Waals surface area contributed by atoms with E-state index in [4.69, 9.17) is 5.11 Å². The molecule has 0 aliphatic heterocycles. The lowest BCUT2D eigenvalue weighted by Gasteiger charge is -2.08. The fourth-order valence-corrected chi connectivity index (χ4v) is 3.64. The first-order valence-electron chi connectivity index (χ1n) is 8.83. The molecule has 0 bridgehead atoms. The van der Waals surface area contributed by atoms with E-state index in [1.807, 2.05) is 12.1 Å². The van der Waals surface area contributed by atoms with Crippen LogP contribution in [0.1, 0.15) is 54.1 Å². The van der Waals surface area contributed by atoms with E-state index in [-0.39, 0.29) is 17.0 Å². The summed E-state index contributed by atoms with van der Waals surface area (Å²) in [5, 5.41) is 8.88. The molecule has 2 aromatic carbocycles. The van der Waals surface area contributed by atoms with Crippen molar-refractivity contribution in [3.63, 3.8) is 0 Å². The normalized spacial score (nSPS) is 11.4. The maximum absolute atomic E-state index is 12.4. The monoisotopic (exact) mass is 375 g/mol. The quantitative estimate of drug-likeness (QED) is 0.615. The summed E-state index contributed by atoms with van der Waals surface area (Å²) in [5.74, 6) is -1.01. The van der Waals surface area contributed by atoms with Gasteiger partial charge in [-0.05, 0) is 48.2 Å². The topological polar surface area (TPSA) is 83.5 Å². The molecule has 2 N–H and O–H groups in total. The Balaban J connectivity index is 1.93. The van der Waals surface area contributed by atoms with Crippen LogP contribution in [0.25, 0.3) is 0 Å². The number of carbonyl (C=O) groups is 1. The first kappa shape index (κ1) is 20.1. The Morgan fingerprint density at radius 2 is 1.54 bits per heavy atom. The lowest BCUT2D eigenvalue weighted by atomic mass is 10.1. The number of sulfonamides is 1. The summed E-state index contributed by atoms with van der Waals surface area (Å²) in [6.45, 7) is 2.29. The van der Waals surface area contributed by atoms with Crippen molar-refractivity contribution in [1.82, 2.24) is 4.72 Å². The molecule has 0 amide bonds. The second-order valence-electron chi connectivity index (χ2n) is 6.28. The maximum atomic E-state index is 12.4. The van der Waals surface area contributed by atoms with E-state index in [1.165, 1.54) is 31.4 Å². The number of nitrogens with one attached hydrogen (secondary N) is 1. The third-order valence-corrected chi connectivity index (χ3v) is 5.64. The minimum atomic E-state index is -3.60. The molecule has 0 aliphatic rings. The minimum Gasteiger partial charge on any atom is -0.478 e. The standard InChI is InChI=1S/C20H25NO4S/c1-2-3-4-5-6-16-9-13-19(14-10-16)26(24,25)21-15-17-7-11-18(12-8-17)20(22)23/h7-14,21H,2-6,15H2,1H3,(H,22,23). The number of aryl methyl sites for hydroxylation is 1. The zero-order valence-electron chi connectivity index (χ0n) is 14.9.